The van der Waals surface area contributed by atoms with Crippen LogP contribution in [-0.2, 0) is 0 Å². The Balaban J connectivity index is 3.22. The highest BCUT2D eigenvalue weighted by Crippen LogP contribution is 2.23. The average molecular weight is 295 g/mol. The van der Waals surface area contributed by atoms with E-state index in [0.29, 0.717) is 14.6 Å². The van der Waals surface area contributed by atoms with Crippen LogP contribution in [0, 0.1) is 5.82 Å². The number of hydrogen-bond donors (Lipinski definition) is 1. The van der Waals surface area contributed by atoms with Crippen LogP contribution in [0.15, 0.2) is 21.6 Å². The summed E-state index contributed by atoms with van der Waals surface area (Å²) in [5, 5.41) is 0. The lowest BCUT2D eigenvalue weighted by Gasteiger charge is -2.00. The molecule has 0 saturated carbocycles. The molecule has 1 aromatic rings. The van der Waals surface area contributed by atoms with Crippen molar-refractivity contribution in [2.24, 2.45) is 0 Å². The Morgan fingerprint density at radius 3 is 2.58 bits per heavy atom. The van der Waals surface area contributed by atoms with Gasteiger partial charge in [0.1, 0.15) is 5.82 Å². The molecule has 0 bridgehead atoms. The third-order valence-electron chi connectivity index (χ3n) is 1.34. The van der Waals surface area contributed by atoms with Gasteiger partial charge >= 0.3 is 0 Å². The van der Waals surface area contributed by atoms with Crippen LogP contribution >= 0.6 is 31.9 Å². The largest absolute Gasteiger partial charge is 0.398 e. The van der Waals surface area contributed by atoms with Gasteiger partial charge in [0, 0.05) is 11.3 Å². The van der Waals surface area contributed by atoms with Gasteiger partial charge in [0.25, 0.3) is 0 Å². The average Bonchev–Trinajstić information content (AvgIpc) is 1.97. The maximum atomic E-state index is 13.0. The van der Waals surface area contributed by atoms with Crippen LogP contribution < -0.4 is 5.73 Å². The molecule has 64 valence electrons. The molecule has 1 aromatic carbocycles. The number of benzene rings is 1. The Morgan fingerprint density at radius 2 is 2.08 bits per heavy atom. The Bertz CT molecular complexity index is 299. The zero-order valence-electron chi connectivity index (χ0n) is 6.02. The first-order chi connectivity index (χ1) is 5.61. The maximum Gasteiger partial charge on any atom is 0.132 e. The van der Waals surface area contributed by atoms with Crippen molar-refractivity contribution < 1.29 is 4.39 Å². The molecule has 12 heavy (non-hydrogen) atoms. The van der Waals surface area contributed by atoms with Gasteiger partial charge in [-0.05, 0) is 50.1 Å². The first kappa shape index (κ1) is 9.74. The van der Waals surface area contributed by atoms with E-state index >= 15 is 0 Å². The van der Waals surface area contributed by atoms with Crippen LogP contribution in [0.3, 0.4) is 0 Å². The van der Waals surface area contributed by atoms with Gasteiger partial charge in [-0.2, -0.15) is 0 Å². The third-order valence-corrected chi connectivity index (χ3v) is 1.80. The van der Waals surface area contributed by atoms with Crippen molar-refractivity contribution >= 4 is 43.6 Å². The summed E-state index contributed by atoms with van der Waals surface area (Å²) in [6, 6.07) is 4.59. The standard InChI is InChI=1S/C8H6Br2FN/c9-8(10)4-5-6(11)2-1-3-7(5)12/h1-4H,12H2. The summed E-state index contributed by atoms with van der Waals surface area (Å²) in [6.07, 6.45) is 1.57. The molecule has 0 atom stereocenters. The minimum atomic E-state index is -0.327. The van der Waals surface area contributed by atoms with Gasteiger partial charge in [0.2, 0.25) is 0 Å². The molecule has 0 spiro atoms. The Hall–Kier alpha value is -0.350. The summed E-state index contributed by atoms with van der Waals surface area (Å²) in [6.45, 7) is 0. The van der Waals surface area contributed by atoms with Crippen LogP contribution in [0.5, 0.6) is 0 Å². The fraction of sp³-hybridized carbons (Fsp3) is 0. The zero-order valence-corrected chi connectivity index (χ0v) is 9.19. The van der Waals surface area contributed by atoms with E-state index in [0.717, 1.165) is 0 Å². The van der Waals surface area contributed by atoms with Crippen molar-refractivity contribution in [1.82, 2.24) is 0 Å². The molecule has 1 rings (SSSR count). The topological polar surface area (TPSA) is 26.0 Å². The second-order valence-corrected chi connectivity index (χ2v) is 4.95. The third kappa shape index (κ3) is 2.32. The molecule has 4 heteroatoms. The first-order valence-electron chi connectivity index (χ1n) is 3.18. The molecular weight excluding hydrogens is 289 g/mol. The van der Waals surface area contributed by atoms with Gasteiger partial charge in [0.05, 0.1) is 3.39 Å². The van der Waals surface area contributed by atoms with Crippen molar-refractivity contribution in [2.75, 3.05) is 5.73 Å². The van der Waals surface area contributed by atoms with Crippen molar-refractivity contribution in [3.8, 4) is 0 Å². The number of nitrogens with two attached hydrogens (primary N) is 1. The summed E-state index contributed by atoms with van der Waals surface area (Å²) in [7, 11) is 0. The molecular formula is C8H6Br2FN. The molecule has 0 aromatic heterocycles. The van der Waals surface area contributed by atoms with Gasteiger partial charge in [-0.3, -0.25) is 0 Å². The van der Waals surface area contributed by atoms with Crippen LogP contribution in [0.4, 0.5) is 10.1 Å². The minimum Gasteiger partial charge on any atom is -0.398 e. The summed E-state index contributed by atoms with van der Waals surface area (Å²) in [5.74, 6) is -0.327. The highest BCUT2D eigenvalue weighted by molar-refractivity contribution is 9.28. The molecule has 0 amide bonds. The number of nitrogen functional groups attached to an aromatic ring is 1. The van der Waals surface area contributed by atoms with E-state index in [9.17, 15) is 4.39 Å². The molecule has 0 radical (unpaired) electrons. The van der Waals surface area contributed by atoms with Gasteiger partial charge in [-0.15, -0.1) is 0 Å². The molecule has 1 nitrogen and oxygen atoms in total. The van der Waals surface area contributed by atoms with E-state index in [4.69, 9.17) is 5.73 Å². The highest BCUT2D eigenvalue weighted by Gasteiger charge is 2.02. The van der Waals surface area contributed by atoms with Crippen LogP contribution in [-0.4, -0.2) is 0 Å². The fourth-order valence-corrected chi connectivity index (χ4v) is 1.27. The van der Waals surface area contributed by atoms with Crippen LogP contribution in [0.1, 0.15) is 5.56 Å². The van der Waals surface area contributed by atoms with Gasteiger partial charge in [0.15, 0.2) is 0 Å². The second-order valence-electron chi connectivity index (χ2n) is 2.18. The van der Waals surface area contributed by atoms with E-state index in [-0.39, 0.29) is 5.82 Å². The lowest BCUT2D eigenvalue weighted by molar-refractivity contribution is 0.626. The van der Waals surface area contributed by atoms with Crippen LogP contribution in [0.25, 0.3) is 6.08 Å². The maximum absolute atomic E-state index is 13.0. The van der Waals surface area contributed by atoms with E-state index in [2.05, 4.69) is 31.9 Å². The lowest BCUT2D eigenvalue weighted by atomic mass is 10.2. The number of hydrogen-bond acceptors (Lipinski definition) is 1. The van der Waals surface area contributed by atoms with Gasteiger partial charge < -0.3 is 5.73 Å². The van der Waals surface area contributed by atoms with Crippen molar-refractivity contribution in [1.29, 1.82) is 0 Å². The smallest absolute Gasteiger partial charge is 0.132 e. The van der Waals surface area contributed by atoms with Gasteiger partial charge in [-0.25, -0.2) is 4.39 Å². The SMILES string of the molecule is Nc1cccc(F)c1C=C(Br)Br. The zero-order chi connectivity index (χ0) is 9.14. The molecule has 0 aliphatic heterocycles. The Kier molecular flexibility index (Phi) is 3.29. The quantitative estimate of drug-likeness (QED) is 0.788. The molecule has 0 aliphatic carbocycles. The Morgan fingerprint density at radius 1 is 1.42 bits per heavy atom. The summed E-state index contributed by atoms with van der Waals surface area (Å²) < 4.78 is 13.7. The van der Waals surface area contributed by atoms with Gasteiger partial charge in [-0.1, -0.05) is 6.07 Å². The van der Waals surface area contributed by atoms with E-state index in [1.54, 1.807) is 18.2 Å². The van der Waals surface area contributed by atoms with Crippen molar-refractivity contribution in [3.05, 3.63) is 33.0 Å². The first-order valence-corrected chi connectivity index (χ1v) is 4.76. The lowest BCUT2D eigenvalue weighted by Crippen LogP contribution is -1.91. The monoisotopic (exact) mass is 293 g/mol. The number of anilines is 1. The predicted molar refractivity (Wildman–Crippen MR) is 56.6 cm³/mol. The molecule has 2 N–H and O–H groups in total. The van der Waals surface area contributed by atoms with Crippen molar-refractivity contribution in [3.63, 3.8) is 0 Å². The van der Waals surface area contributed by atoms with Crippen LogP contribution in [0.2, 0.25) is 0 Å². The normalized spacial score (nSPS) is 9.58. The number of halogens is 3. The molecule has 0 heterocycles. The summed E-state index contributed by atoms with van der Waals surface area (Å²) in [5.41, 5.74) is 6.36. The van der Waals surface area contributed by atoms with Crippen molar-refractivity contribution in [2.45, 2.75) is 0 Å². The summed E-state index contributed by atoms with van der Waals surface area (Å²) >= 11 is 6.27. The fourth-order valence-electron chi connectivity index (χ4n) is 0.815. The molecule has 0 aliphatic rings. The second kappa shape index (κ2) is 4.05. The summed E-state index contributed by atoms with van der Waals surface area (Å²) in [4.78, 5) is 0. The highest BCUT2D eigenvalue weighted by atomic mass is 79.9. The number of rotatable bonds is 1. The molecule has 0 fully saturated rings. The van der Waals surface area contributed by atoms with E-state index in [1.807, 2.05) is 0 Å². The predicted octanol–water partition coefficient (Wildman–Crippen LogP) is 3.50. The molecule has 0 saturated heterocycles. The Labute approximate surface area is 86.7 Å². The van der Waals surface area contributed by atoms with E-state index < -0.39 is 0 Å². The van der Waals surface area contributed by atoms with E-state index in [1.165, 1.54) is 6.07 Å². The molecule has 0 unspecified atom stereocenters. The minimum absolute atomic E-state index is 0.327.